The minimum Gasteiger partial charge on any atom is -0.478 e. The summed E-state index contributed by atoms with van der Waals surface area (Å²) >= 11 is 0. The molecular formula is C15H19NO2. The zero-order valence-corrected chi connectivity index (χ0v) is 10.5. The minimum atomic E-state index is -0.808. The number of carbonyl (C=O) groups is 1. The lowest BCUT2D eigenvalue weighted by Crippen LogP contribution is -2.45. The molecule has 0 radical (unpaired) electrons. The van der Waals surface area contributed by atoms with E-state index in [1.807, 2.05) is 12.4 Å². The van der Waals surface area contributed by atoms with Crippen molar-refractivity contribution in [2.75, 3.05) is 0 Å². The van der Waals surface area contributed by atoms with Gasteiger partial charge in [-0.05, 0) is 61.8 Å². The van der Waals surface area contributed by atoms with Crippen LogP contribution in [0.3, 0.4) is 0 Å². The van der Waals surface area contributed by atoms with E-state index >= 15 is 0 Å². The standard InChI is InChI=1S/C15H19NO2/c17-15(18)11-1-2-16(8-11)14-12-4-9-3-10(6-12)7-13(14)5-9/h1-2,8-10,12-14H,3-7H2,(H,17,18). The molecule has 4 bridgehead atoms. The van der Waals surface area contributed by atoms with Gasteiger partial charge in [-0.2, -0.15) is 0 Å². The van der Waals surface area contributed by atoms with Crippen LogP contribution in [-0.2, 0) is 0 Å². The van der Waals surface area contributed by atoms with E-state index in [2.05, 4.69) is 4.57 Å². The van der Waals surface area contributed by atoms with E-state index in [4.69, 9.17) is 5.11 Å². The Morgan fingerprint density at radius 1 is 1.11 bits per heavy atom. The molecule has 3 heteroatoms. The summed E-state index contributed by atoms with van der Waals surface area (Å²) in [6.07, 6.45) is 10.8. The average Bonchev–Trinajstić information content (AvgIpc) is 2.77. The SMILES string of the molecule is O=C(O)c1ccn(C2C3CC4CC(C3)CC2C4)c1. The summed E-state index contributed by atoms with van der Waals surface area (Å²) in [6.45, 7) is 0. The van der Waals surface area contributed by atoms with Gasteiger partial charge < -0.3 is 9.67 Å². The molecule has 4 aliphatic carbocycles. The van der Waals surface area contributed by atoms with Crippen molar-refractivity contribution in [3.8, 4) is 0 Å². The zero-order valence-electron chi connectivity index (χ0n) is 10.5. The number of carboxylic acids is 1. The summed E-state index contributed by atoms with van der Waals surface area (Å²) in [5.41, 5.74) is 0.434. The van der Waals surface area contributed by atoms with Gasteiger partial charge in [-0.15, -0.1) is 0 Å². The van der Waals surface area contributed by atoms with Crippen molar-refractivity contribution in [2.45, 2.75) is 38.1 Å². The van der Waals surface area contributed by atoms with Crippen molar-refractivity contribution in [1.82, 2.24) is 4.57 Å². The van der Waals surface area contributed by atoms with Crippen molar-refractivity contribution < 1.29 is 9.90 Å². The molecule has 1 aromatic heterocycles. The topological polar surface area (TPSA) is 42.2 Å². The second-order valence-electron chi connectivity index (χ2n) is 6.57. The molecule has 4 saturated carbocycles. The summed E-state index contributed by atoms with van der Waals surface area (Å²) in [6, 6.07) is 2.32. The lowest BCUT2D eigenvalue weighted by molar-refractivity contribution is -0.0290. The van der Waals surface area contributed by atoms with Gasteiger partial charge in [0, 0.05) is 18.4 Å². The Kier molecular flexibility index (Phi) is 2.14. The van der Waals surface area contributed by atoms with E-state index in [-0.39, 0.29) is 0 Å². The van der Waals surface area contributed by atoms with Crippen molar-refractivity contribution in [1.29, 1.82) is 0 Å². The quantitative estimate of drug-likeness (QED) is 0.869. The third kappa shape index (κ3) is 1.46. The Morgan fingerprint density at radius 2 is 1.72 bits per heavy atom. The van der Waals surface area contributed by atoms with E-state index < -0.39 is 5.97 Å². The van der Waals surface area contributed by atoms with Crippen LogP contribution in [0.5, 0.6) is 0 Å². The molecule has 18 heavy (non-hydrogen) atoms. The summed E-state index contributed by atoms with van der Waals surface area (Å²) in [5.74, 6) is 2.74. The van der Waals surface area contributed by atoms with Gasteiger partial charge in [0.1, 0.15) is 0 Å². The molecule has 0 amide bonds. The number of nitrogens with zero attached hydrogens (tertiary/aromatic N) is 1. The second-order valence-corrected chi connectivity index (χ2v) is 6.57. The molecule has 96 valence electrons. The number of aromatic nitrogens is 1. The van der Waals surface area contributed by atoms with E-state index in [1.54, 1.807) is 6.07 Å². The summed E-state index contributed by atoms with van der Waals surface area (Å²) in [4.78, 5) is 11.0. The fourth-order valence-electron chi connectivity index (χ4n) is 5.11. The number of carboxylic acid groups (broad SMARTS) is 1. The number of hydrogen-bond acceptors (Lipinski definition) is 1. The van der Waals surface area contributed by atoms with Crippen LogP contribution in [-0.4, -0.2) is 15.6 Å². The van der Waals surface area contributed by atoms with Gasteiger partial charge in [0.25, 0.3) is 0 Å². The largest absolute Gasteiger partial charge is 0.478 e. The molecule has 4 fully saturated rings. The third-order valence-corrected chi connectivity index (χ3v) is 5.48. The molecule has 5 rings (SSSR count). The Balaban J connectivity index is 1.66. The fraction of sp³-hybridized carbons (Fsp3) is 0.667. The molecule has 1 aromatic rings. The first-order valence-corrected chi connectivity index (χ1v) is 7.11. The van der Waals surface area contributed by atoms with E-state index in [1.165, 1.54) is 32.1 Å². The minimum absolute atomic E-state index is 0.434. The monoisotopic (exact) mass is 245 g/mol. The van der Waals surface area contributed by atoms with Crippen LogP contribution in [0.25, 0.3) is 0 Å². The van der Waals surface area contributed by atoms with Crippen LogP contribution < -0.4 is 0 Å². The molecule has 1 N–H and O–H groups in total. The molecule has 0 saturated heterocycles. The Bertz CT molecular complexity index is 462. The molecule has 3 nitrogen and oxygen atoms in total. The molecule has 4 aliphatic rings. The smallest absolute Gasteiger partial charge is 0.337 e. The van der Waals surface area contributed by atoms with Gasteiger partial charge in [0.05, 0.1) is 5.56 Å². The molecule has 0 spiro atoms. The van der Waals surface area contributed by atoms with Crippen LogP contribution in [0.4, 0.5) is 0 Å². The number of rotatable bonds is 2. The highest BCUT2D eigenvalue weighted by molar-refractivity contribution is 5.87. The zero-order chi connectivity index (χ0) is 12.3. The van der Waals surface area contributed by atoms with Crippen LogP contribution >= 0.6 is 0 Å². The molecular weight excluding hydrogens is 226 g/mol. The van der Waals surface area contributed by atoms with Crippen molar-refractivity contribution >= 4 is 5.97 Å². The van der Waals surface area contributed by atoms with Gasteiger partial charge in [-0.25, -0.2) is 4.79 Å². The second kappa shape index (κ2) is 3.62. The molecule has 0 unspecified atom stereocenters. The van der Waals surface area contributed by atoms with Crippen LogP contribution in [0.2, 0.25) is 0 Å². The highest BCUT2D eigenvalue weighted by Gasteiger charge is 2.48. The average molecular weight is 245 g/mol. The molecule has 0 atom stereocenters. The fourth-order valence-corrected chi connectivity index (χ4v) is 5.11. The maximum absolute atomic E-state index is 11.0. The predicted molar refractivity (Wildman–Crippen MR) is 67.5 cm³/mol. The molecule has 0 aromatic carbocycles. The Hall–Kier alpha value is -1.25. The van der Waals surface area contributed by atoms with Crippen LogP contribution in [0.1, 0.15) is 48.5 Å². The molecule has 1 heterocycles. The normalized spacial score (nSPS) is 41.2. The van der Waals surface area contributed by atoms with Crippen LogP contribution in [0.15, 0.2) is 18.5 Å². The summed E-state index contributed by atoms with van der Waals surface area (Å²) < 4.78 is 2.20. The Morgan fingerprint density at radius 3 is 2.22 bits per heavy atom. The van der Waals surface area contributed by atoms with Gasteiger partial charge in [-0.3, -0.25) is 0 Å². The third-order valence-electron chi connectivity index (χ3n) is 5.48. The molecule has 0 aliphatic heterocycles. The van der Waals surface area contributed by atoms with Crippen molar-refractivity contribution in [2.24, 2.45) is 23.7 Å². The van der Waals surface area contributed by atoms with Gasteiger partial charge >= 0.3 is 5.97 Å². The lowest BCUT2D eigenvalue weighted by atomic mass is 9.54. The van der Waals surface area contributed by atoms with E-state index in [9.17, 15) is 4.79 Å². The number of hydrogen-bond donors (Lipinski definition) is 1. The maximum atomic E-state index is 11.0. The summed E-state index contributed by atoms with van der Waals surface area (Å²) in [5, 5.41) is 9.04. The van der Waals surface area contributed by atoms with Gasteiger partial charge in [0.2, 0.25) is 0 Å². The number of aromatic carboxylic acids is 1. The predicted octanol–water partition coefficient (Wildman–Crippen LogP) is 3.18. The highest BCUT2D eigenvalue weighted by Crippen LogP contribution is 2.58. The maximum Gasteiger partial charge on any atom is 0.337 e. The summed E-state index contributed by atoms with van der Waals surface area (Å²) in [7, 11) is 0. The highest BCUT2D eigenvalue weighted by atomic mass is 16.4. The van der Waals surface area contributed by atoms with Crippen LogP contribution in [0, 0.1) is 23.7 Å². The van der Waals surface area contributed by atoms with E-state index in [0.29, 0.717) is 11.6 Å². The first-order chi connectivity index (χ1) is 8.70. The lowest BCUT2D eigenvalue weighted by Gasteiger charge is -2.54. The first-order valence-electron chi connectivity index (χ1n) is 7.11. The van der Waals surface area contributed by atoms with Gasteiger partial charge in [-0.1, -0.05) is 0 Å². The van der Waals surface area contributed by atoms with E-state index in [0.717, 1.165) is 23.7 Å². The Labute approximate surface area is 107 Å². The van der Waals surface area contributed by atoms with Crippen molar-refractivity contribution in [3.05, 3.63) is 24.0 Å². The first kappa shape index (κ1) is 10.7. The van der Waals surface area contributed by atoms with Crippen molar-refractivity contribution in [3.63, 3.8) is 0 Å². The van der Waals surface area contributed by atoms with Gasteiger partial charge in [0.15, 0.2) is 0 Å².